The maximum absolute atomic E-state index is 12.1. The summed E-state index contributed by atoms with van der Waals surface area (Å²) in [5.74, 6) is -0.288. The number of alkyl halides is 1. The van der Waals surface area contributed by atoms with Crippen molar-refractivity contribution in [2.75, 3.05) is 0 Å². The Morgan fingerprint density at radius 3 is 2.83 bits per heavy atom. The number of carbonyl (C=O) groups is 1. The summed E-state index contributed by atoms with van der Waals surface area (Å²) in [6, 6.07) is 4.79. The van der Waals surface area contributed by atoms with Gasteiger partial charge in [0.1, 0.15) is 5.75 Å². The van der Waals surface area contributed by atoms with Gasteiger partial charge in [-0.3, -0.25) is 4.79 Å². The summed E-state index contributed by atoms with van der Waals surface area (Å²) in [4.78, 5) is 12.1. The Kier molecular flexibility index (Phi) is 4.51. The maximum Gasteiger partial charge on any atom is 0.255 e. The van der Waals surface area contributed by atoms with Crippen molar-refractivity contribution in [3.05, 3.63) is 28.2 Å². The van der Waals surface area contributed by atoms with Crippen molar-refractivity contribution < 1.29 is 9.90 Å². The van der Waals surface area contributed by atoms with Crippen LogP contribution < -0.4 is 5.32 Å². The molecule has 1 amide bonds. The molecule has 0 saturated heterocycles. The molecular formula is C13H15BrClNO2. The Bertz CT molecular complexity index is 453. The van der Waals surface area contributed by atoms with Gasteiger partial charge in [-0.25, -0.2) is 0 Å². The van der Waals surface area contributed by atoms with Crippen LogP contribution in [-0.2, 0) is 0 Å². The number of benzene rings is 1. The lowest BCUT2D eigenvalue weighted by molar-refractivity contribution is 0.0926. The van der Waals surface area contributed by atoms with E-state index in [1.807, 2.05) is 0 Å². The second-order valence-electron chi connectivity index (χ2n) is 4.54. The first-order valence-corrected chi connectivity index (χ1v) is 7.24. The largest absolute Gasteiger partial charge is 0.507 e. The van der Waals surface area contributed by atoms with Gasteiger partial charge in [0.05, 0.1) is 10.9 Å². The van der Waals surface area contributed by atoms with E-state index in [2.05, 4.69) is 21.2 Å². The van der Waals surface area contributed by atoms with Crippen molar-refractivity contribution in [2.45, 2.75) is 37.1 Å². The van der Waals surface area contributed by atoms with Crippen LogP contribution in [0.5, 0.6) is 5.75 Å². The van der Waals surface area contributed by atoms with Crippen LogP contribution in [0, 0.1) is 0 Å². The third-order valence-electron chi connectivity index (χ3n) is 3.20. The van der Waals surface area contributed by atoms with Crippen LogP contribution in [0.2, 0.25) is 0 Å². The first kappa shape index (κ1) is 13.7. The first-order valence-electron chi connectivity index (χ1n) is 6.01. The number of carbonyl (C=O) groups excluding carboxylic acids is 1. The molecule has 2 unspecified atom stereocenters. The van der Waals surface area contributed by atoms with Crippen LogP contribution >= 0.6 is 27.5 Å². The Morgan fingerprint density at radius 1 is 1.39 bits per heavy atom. The molecule has 1 aliphatic rings. The van der Waals surface area contributed by atoms with Gasteiger partial charge >= 0.3 is 0 Å². The lowest BCUT2D eigenvalue weighted by atomic mass is 9.94. The van der Waals surface area contributed by atoms with E-state index in [9.17, 15) is 9.90 Å². The topological polar surface area (TPSA) is 49.3 Å². The van der Waals surface area contributed by atoms with E-state index in [0.29, 0.717) is 0 Å². The molecule has 0 bridgehead atoms. The van der Waals surface area contributed by atoms with E-state index in [1.165, 1.54) is 6.07 Å². The Labute approximate surface area is 120 Å². The molecule has 98 valence electrons. The van der Waals surface area contributed by atoms with Crippen molar-refractivity contribution >= 4 is 33.4 Å². The maximum atomic E-state index is 12.1. The van der Waals surface area contributed by atoms with E-state index < -0.39 is 0 Å². The van der Waals surface area contributed by atoms with Gasteiger partial charge in [-0.15, -0.1) is 11.6 Å². The molecule has 0 aliphatic heterocycles. The highest BCUT2D eigenvalue weighted by atomic mass is 79.9. The molecule has 1 aromatic rings. The van der Waals surface area contributed by atoms with Crippen molar-refractivity contribution in [2.24, 2.45) is 0 Å². The number of hydrogen-bond acceptors (Lipinski definition) is 2. The van der Waals surface area contributed by atoms with Gasteiger partial charge in [0, 0.05) is 10.5 Å². The fraction of sp³-hybridized carbons (Fsp3) is 0.462. The zero-order valence-corrected chi connectivity index (χ0v) is 12.2. The molecule has 1 saturated carbocycles. The minimum absolute atomic E-state index is 0.00806. The smallest absolute Gasteiger partial charge is 0.255 e. The van der Waals surface area contributed by atoms with Crippen LogP contribution in [0.1, 0.15) is 36.0 Å². The molecule has 1 aliphatic carbocycles. The van der Waals surface area contributed by atoms with Gasteiger partial charge in [-0.1, -0.05) is 28.8 Å². The van der Waals surface area contributed by atoms with Crippen molar-refractivity contribution in [1.82, 2.24) is 5.32 Å². The summed E-state index contributed by atoms with van der Waals surface area (Å²) >= 11 is 9.48. The minimum Gasteiger partial charge on any atom is -0.507 e. The van der Waals surface area contributed by atoms with Crippen molar-refractivity contribution in [3.63, 3.8) is 0 Å². The number of nitrogens with one attached hydrogen (secondary N) is 1. The van der Waals surface area contributed by atoms with Crippen LogP contribution in [0.3, 0.4) is 0 Å². The first-order chi connectivity index (χ1) is 8.58. The van der Waals surface area contributed by atoms with Crippen LogP contribution in [0.4, 0.5) is 0 Å². The summed E-state index contributed by atoms with van der Waals surface area (Å²) < 4.78 is 0.761. The van der Waals surface area contributed by atoms with E-state index in [-0.39, 0.29) is 28.6 Å². The molecule has 0 heterocycles. The summed E-state index contributed by atoms with van der Waals surface area (Å²) in [7, 11) is 0. The summed E-state index contributed by atoms with van der Waals surface area (Å²) in [5.41, 5.74) is 0.277. The van der Waals surface area contributed by atoms with Crippen LogP contribution in [0.15, 0.2) is 22.7 Å². The molecular weight excluding hydrogens is 318 g/mol. The molecule has 2 N–H and O–H groups in total. The highest BCUT2D eigenvalue weighted by Gasteiger charge is 2.25. The summed E-state index contributed by atoms with van der Waals surface area (Å²) in [6.07, 6.45) is 4.02. The highest BCUT2D eigenvalue weighted by Crippen LogP contribution is 2.25. The summed E-state index contributed by atoms with van der Waals surface area (Å²) in [6.45, 7) is 0. The fourth-order valence-corrected chi connectivity index (χ4v) is 2.89. The molecule has 0 aromatic heterocycles. The highest BCUT2D eigenvalue weighted by molar-refractivity contribution is 9.10. The van der Waals surface area contributed by atoms with E-state index in [4.69, 9.17) is 11.6 Å². The minimum atomic E-state index is -0.272. The lowest BCUT2D eigenvalue weighted by Gasteiger charge is -2.27. The zero-order valence-electron chi connectivity index (χ0n) is 9.83. The Morgan fingerprint density at radius 2 is 2.11 bits per heavy atom. The van der Waals surface area contributed by atoms with Gasteiger partial charge in [0.25, 0.3) is 5.91 Å². The van der Waals surface area contributed by atoms with Gasteiger partial charge in [0.2, 0.25) is 0 Å². The Hall–Kier alpha value is -0.740. The summed E-state index contributed by atoms with van der Waals surface area (Å²) in [5, 5.41) is 12.6. The monoisotopic (exact) mass is 331 g/mol. The number of phenolic OH excluding ortho intramolecular Hbond substituents is 1. The molecule has 0 radical (unpaired) electrons. The molecule has 18 heavy (non-hydrogen) atoms. The number of halogens is 2. The molecule has 0 spiro atoms. The molecule has 3 nitrogen and oxygen atoms in total. The number of amides is 1. The number of aromatic hydroxyl groups is 1. The van der Waals surface area contributed by atoms with Crippen molar-refractivity contribution in [1.29, 1.82) is 0 Å². The van der Waals surface area contributed by atoms with Gasteiger partial charge < -0.3 is 10.4 Å². The van der Waals surface area contributed by atoms with Crippen LogP contribution in [0.25, 0.3) is 0 Å². The second kappa shape index (κ2) is 5.93. The lowest BCUT2D eigenvalue weighted by Crippen LogP contribution is -2.42. The molecule has 1 aromatic carbocycles. The third kappa shape index (κ3) is 3.18. The average Bonchev–Trinajstić information content (AvgIpc) is 2.35. The predicted octanol–water partition coefficient (Wildman–Crippen LogP) is 3.43. The quantitative estimate of drug-likeness (QED) is 0.815. The Balaban J connectivity index is 2.09. The molecule has 2 atom stereocenters. The normalized spacial score (nSPS) is 23.7. The average molecular weight is 333 g/mol. The number of hydrogen-bond donors (Lipinski definition) is 2. The van der Waals surface area contributed by atoms with Gasteiger partial charge in [0.15, 0.2) is 0 Å². The molecule has 2 rings (SSSR count). The number of phenols is 1. The van der Waals surface area contributed by atoms with Crippen LogP contribution in [-0.4, -0.2) is 22.4 Å². The molecule has 5 heteroatoms. The van der Waals surface area contributed by atoms with Crippen molar-refractivity contribution in [3.8, 4) is 5.75 Å². The third-order valence-corrected chi connectivity index (χ3v) is 4.22. The molecule has 1 fully saturated rings. The van der Waals surface area contributed by atoms with Gasteiger partial charge in [-0.2, -0.15) is 0 Å². The van der Waals surface area contributed by atoms with E-state index in [1.54, 1.807) is 12.1 Å². The standard InChI is InChI=1S/C13H15BrClNO2/c14-8-5-6-12(17)9(7-8)13(18)16-11-4-2-1-3-10(11)15/h5-7,10-11,17H,1-4H2,(H,16,18). The fourth-order valence-electron chi connectivity index (χ4n) is 2.18. The number of rotatable bonds is 2. The zero-order chi connectivity index (χ0) is 13.1. The van der Waals surface area contributed by atoms with Gasteiger partial charge in [-0.05, 0) is 31.0 Å². The SMILES string of the molecule is O=C(NC1CCCCC1Cl)c1cc(Br)ccc1O. The van der Waals surface area contributed by atoms with E-state index >= 15 is 0 Å². The van der Waals surface area contributed by atoms with E-state index in [0.717, 1.165) is 30.2 Å². The predicted molar refractivity (Wildman–Crippen MR) is 75.2 cm³/mol. The second-order valence-corrected chi connectivity index (χ2v) is 6.02.